The van der Waals surface area contributed by atoms with Gasteiger partial charge in [0.1, 0.15) is 18.9 Å². The summed E-state index contributed by atoms with van der Waals surface area (Å²) >= 11 is 8.00. The van der Waals surface area contributed by atoms with Gasteiger partial charge in [-0.05, 0) is 94.4 Å². The molecule has 1 N–H and O–H groups in total. The normalized spacial score (nSPS) is 11.4. The predicted octanol–water partition coefficient (Wildman–Crippen LogP) is 4.44. The fourth-order valence-corrected chi connectivity index (χ4v) is 4.09. The topological polar surface area (TPSA) is 88.1 Å². The van der Waals surface area contributed by atoms with Crippen LogP contribution in [0.3, 0.4) is 0 Å². The van der Waals surface area contributed by atoms with Gasteiger partial charge in [-0.25, -0.2) is 13.8 Å². The van der Waals surface area contributed by atoms with Gasteiger partial charge in [0.25, 0.3) is 5.91 Å². The maximum atomic E-state index is 12.3. The summed E-state index contributed by atoms with van der Waals surface area (Å²) in [6, 6.07) is 21.4. The second kappa shape index (κ2) is 11.5. The molecule has 0 heterocycles. The van der Waals surface area contributed by atoms with E-state index >= 15 is 0 Å². The van der Waals surface area contributed by atoms with Crippen LogP contribution in [0.2, 0.25) is 5.02 Å². The van der Waals surface area contributed by atoms with Crippen molar-refractivity contribution in [2.24, 2.45) is 5.10 Å². The summed E-state index contributed by atoms with van der Waals surface area (Å²) in [5.74, 6) is 0.130. The van der Waals surface area contributed by atoms with Crippen molar-refractivity contribution in [3.63, 3.8) is 0 Å². The van der Waals surface area contributed by atoms with Gasteiger partial charge in [-0.1, -0.05) is 23.7 Å². The van der Waals surface area contributed by atoms with Crippen molar-refractivity contribution in [2.45, 2.75) is 6.61 Å². The second-order valence-electron chi connectivity index (χ2n) is 7.02. The van der Waals surface area contributed by atoms with Crippen molar-refractivity contribution in [3.05, 3.63) is 92.5 Å². The van der Waals surface area contributed by atoms with Crippen LogP contribution in [0, 0.1) is 3.57 Å². The highest BCUT2D eigenvalue weighted by Crippen LogP contribution is 2.19. The quantitative estimate of drug-likeness (QED) is 0.225. The predicted molar refractivity (Wildman–Crippen MR) is 139 cm³/mol. The number of rotatable bonds is 9. The van der Waals surface area contributed by atoms with Crippen molar-refractivity contribution < 1.29 is 17.9 Å². The molecule has 0 aromatic heterocycles. The van der Waals surface area contributed by atoms with E-state index in [1.807, 2.05) is 24.3 Å². The number of hydrazone groups is 1. The highest BCUT2D eigenvalue weighted by molar-refractivity contribution is 14.1. The number of hydrogen-bond donors (Lipinski definition) is 1. The Bertz CT molecular complexity index is 1220. The third kappa shape index (κ3) is 8.02. The van der Waals surface area contributed by atoms with E-state index in [1.165, 1.54) is 6.21 Å². The molecular weight excluding hydrogens is 577 g/mol. The molecule has 1 amide bonds. The third-order valence-electron chi connectivity index (χ3n) is 4.40. The van der Waals surface area contributed by atoms with Gasteiger partial charge >= 0.3 is 0 Å². The molecular formula is C23H21ClIN3O4S. The van der Waals surface area contributed by atoms with Crippen LogP contribution in [-0.4, -0.2) is 33.3 Å². The lowest BCUT2D eigenvalue weighted by atomic mass is 10.2. The Hall–Kier alpha value is -2.63. The first-order valence-electron chi connectivity index (χ1n) is 9.73. The molecule has 0 radical (unpaired) electrons. The summed E-state index contributed by atoms with van der Waals surface area (Å²) in [6.45, 7) is 0.0340. The van der Waals surface area contributed by atoms with E-state index in [4.69, 9.17) is 16.3 Å². The van der Waals surface area contributed by atoms with Gasteiger partial charge in [0.05, 0.1) is 18.2 Å². The van der Waals surface area contributed by atoms with Gasteiger partial charge in [0.2, 0.25) is 10.0 Å². The number of nitrogens with zero attached hydrogens (tertiary/aromatic N) is 2. The minimum Gasteiger partial charge on any atom is -0.489 e. The summed E-state index contributed by atoms with van der Waals surface area (Å²) in [7, 11) is -3.64. The van der Waals surface area contributed by atoms with Crippen LogP contribution in [-0.2, 0) is 21.4 Å². The summed E-state index contributed by atoms with van der Waals surface area (Å²) in [5, 5.41) is 4.59. The number of anilines is 1. The molecule has 3 aromatic carbocycles. The lowest BCUT2D eigenvalue weighted by Crippen LogP contribution is -2.39. The molecule has 0 saturated carbocycles. The molecule has 0 aliphatic rings. The number of nitrogens with one attached hydrogen (secondary N) is 1. The Kier molecular flexibility index (Phi) is 8.70. The van der Waals surface area contributed by atoms with Crippen LogP contribution < -0.4 is 14.5 Å². The highest BCUT2D eigenvalue weighted by atomic mass is 127. The first-order chi connectivity index (χ1) is 15.7. The smallest absolute Gasteiger partial charge is 0.260 e. The highest BCUT2D eigenvalue weighted by Gasteiger charge is 2.20. The maximum Gasteiger partial charge on any atom is 0.260 e. The van der Waals surface area contributed by atoms with Gasteiger partial charge in [-0.2, -0.15) is 5.10 Å². The van der Waals surface area contributed by atoms with E-state index in [2.05, 4.69) is 33.1 Å². The van der Waals surface area contributed by atoms with Crippen LogP contribution in [0.15, 0.2) is 77.9 Å². The number of amides is 1. The Labute approximate surface area is 211 Å². The second-order valence-corrected chi connectivity index (χ2v) is 10.6. The van der Waals surface area contributed by atoms with E-state index < -0.39 is 15.9 Å². The Morgan fingerprint density at radius 2 is 1.70 bits per heavy atom. The monoisotopic (exact) mass is 597 g/mol. The Morgan fingerprint density at radius 3 is 2.30 bits per heavy atom. The zero-order chi connectivity index (χ0) is 23.8. The molecule has 0 saturated heterocycles. The van der Waals surface area contributed by atoms with Crippen molar-refractivity contribution in [2.75, 3.05) is 17.1 Å². The molecule has 3 rings (SSSR count). The molecule has 7 nitrogen and oxygen atoms in total. The third-order valence-corrected chi connectivity index (χ3v) is 6.52. The number of carbonyl (C=O) groups is 1. The van der Waals surface area contributed by atoms with E-state index in [-0.39, 0.29) is 6.54 Å². The Morgan fingerprint density at radius 1 is 1.06 bits per heavy atom. The van der Waals surface area contributed by atoms with Crippen molar-refractivity contribution in [1.82, 2.24) is 5.43 Å². The lowest BCUT2D eigenvalue weighted by Gasteiger charge is -2.21. The lowest BCUT2D eigenvalue weighted by molar-refractivity contribution is -0.119. The molecule has 172 valence electrons. The minimum absolute atomic E-state index is 0.381. The van der Waals surface area contributed by atoms with Crippen LogP contribution in [0.1, 0.15) is 11.1 Å². The number of ether oxygens (including phenoxy) is 1. The standard InChI is InChI=1S/C23H21ClIN3O4S/c1-33(30,31)28(21-10-8-20(25)9-11-21)15-23(29)27-26-14-17-4-12-22(13-5-17)32-16-18-2-6-19(24)7-3-18/h2-14H,15-16H2,1H3,(H,27,29)/b26-14-. The Balaban J connectivity index is 1.53. The first kappa shape index (κ1) is 25.0. The zero-order valence-electron chi connectivity index (χ0n) is 17.6. The number of halogens is 2. The summed E-state index contributed by atoms with van der Waals surface area (Å²) < 4.78 is 32.0. The van der Waals surface area contributed by atoms with E-state index in [0.29, 0.717) is 23.1 Å². The van der Waals surface area contributed by atoms with E-state index in [9.17, 15) is 13.2 Å². The fraction of sp³-hybridized carbons (Fsp3) is 0.130. The summed E-state index contributed by atoms with van der Waals surface area (Å²) in [6.07, 6.45) is 2.52. The average Bonchev–Trinajstić information content (AvgIpc) is 2.78. The maximum absolute atomic E-state index is 12.3. The molecule has 33 heavy (non-hydrogen) atoms. The fourth-order valence-electron chi connectivity index (χ4n) is 2.75. The van der Waals surface area contributed by atoms with Gasteiger partial charge in [0.15, 0.2) is 0 Å². The molecule has 3 aromatic rings. The van der Waals surface area contributed by atoms with Crippen molar-refractivity contribution >= 4 is 62.0 Å². The largest absolute Gasteiger partial charge is 0.489 e. The number of hydrogen-bond acceptors (Lipinski definition) is 5. The van der Waals surface area contributed by atoms with Gasteiger partial charge in [-0.15, -0.1) is 0 Å². The van der Waals surface area contributed by atoms with Gasteiger partial charge in [-0.3, -0.25) is 9.10 Å². The molecule has 0 aliphatic carbocycles. The number of carbonyl (C=O) groups excluding carboxylic acids is 1. The molecule has 0 atom stereocenters. The number of sulfonamides is 1. The molecule has 0 spiro atoms. The number of benzene rings is 3. The SMILES string of the molecule is CS(=O)(=O)N(CC(=O)N/N=C\c1ccc(OCc2ccc(Cl)cc2)cc1)c1ccc(I)cc1. The zero-order valence-corrected chi connectivity index (χ0v) is 21.3. The molecule has 0 bridgehead atoms. The van der Waals surface area contributed by atoms with Gasteiger partial charge < -0.3 is 4.74 Å². The average molecular weight is 598 g/mol. The molecule has 0 unspecified atom stereocenters. The van der Waals surface area contributed by atoms with Crippen molar-refractivity contribution in [3.8, 4) is 5.75 Å². The molecule has 0 fully saturated rings. The first-order valence-corrected chi connectivity index (χ1v) is 13.0. The molecule has 10 heteroatoms. The minimum atomic E-state index is -3.64. The van der Waals surface area contributed by atoms with Crippen LogP contribution in [0.5, 0.6) is 5.75 Å². The van der Waals surface area contributed by atoms with Crippen molar-refractivity contribution in [1.29, 1.82) is 0 Å². The molecule has 0 aliphatic heterocycles. The van der Waals surface area contributed by atoms with Crippen LogP contribution in [0.25, 0.3) is 0 Å². The van der Waals surface area contributed by atoms with Gasteiger partial charge in [0, 0.05) is 8.59 Å². The summed E-state index contributed by atoms with van der Waals surface area (Å²) in [5.41, 5.74) is 4.51. The summed E-state index contributed by atoms with van der Waals surface area (Å²) in [4.78, 5) is 12.3. The van der Waals surface area contributed by atoms with Crippen LogP contribution >= 0.6 is 34.2 Å². The van der Waals surface area contributed by atoms with E-state index in [1.54, 1.807) is 48.5 Å². The van der Waals surface area contributed by atoms with E-state index in [0.717, 1.165) is 25.3 Å². The van der Waals surface area contributed by atoms with Crippen LogP contribution in [0.4, 0.5) is 5.69 Å².